The topological polar surface area (TPSA) is 84.3 Å². The second kappa shape index (κ2) is 8.22. The number of amides is 1. The second-order valence-electron chi connectivity index (χ2n) is 6.44. The molecule has 0 radical (unpaired) electrons. The number of rotatable bonds is 6. The van der Waals surface area contributed by atoms with Crippen LogP contribution in [0.2, 0.25) is 5.02 Å². The van der Waals surface area contributed by atoms with Crippen LogP contribution in [-0.2, 0) is 23.6 Å². The molecule has 0 aliphatic carbocycles. The number of halogens is 2. The minimum absolute atomic E-state index is 0.0556. The molecule has 0 aliphatic heterocycles. The zero-order chi connectivity index (χ0) is 21.2. The van der Waals surface area contributed by atoms with Gasteiger partial charge in [-0.05, 0) is 42.5 Å². The van der Waals surface area contributed by atoms with Gasteiger partial charge in [-0.3, -0.25) is 14.2 Å². The monoisotopic (exact) mass is 436 g/mol. The molecule has 1 amide bonds. The molecule has 0 unspecified atom stereocenters. The Morgan fingerprint density at radius 1 is 1.24 bits per heavy atom. The average Bonchev–Trinajstić information content (AvgIpc) is 3.07. The van der Waals surface area contributed by atoms with Gasteiger partial charge in [-0.1, -0.05) is 11.6 Å². The molecule has 3 rings (SSSR count). The van der Waals surface area contributed by atoms with Crippen molar-refractivity contribution in [3.63, 3.8) is 0 Å². The Hall–Kier alpha value is -2.91. The van der Waals surface area contributed by atoms with Gasteiger partial charge in [0.2, 0.25) is 0 Å². The van der Waals surface area contributed by atoms with Crippen LogP contribution < -0.4 is 4.72 Å². The first-order valence-electron chi connectivity index (χ1n) is 8.46. The lowest BCUT2D eigenvalue weighted by Crippen LogP contribution is -2.26. The Bertz CT molecular complexity index is 1150. The van der Waals surface area contributed by atoms with Gasteiger partial charge in [-0.2, -0.15) is 5.10 Å². The molecule has 1 aromatic heterocycles. The molecule has 10 heteroatoms. The fourth-order valence-corrected chi connectivity index (χ4v) is 3.96. The molecule has 2 aromatic carbocycles. The van der Waals surface area contributed by atoms with Gasteiger partial charge < -0.3 is 4.90 Å². The zero-order valence-electron chi connectivity index (χ0n) is 15.6. The number of carbonyl (C=O) groups is 1. The second-order valence-corrected chi connectivity index (χ2v) is 8.53. The Kier molecular flexibility index (Phi) is 5.90. The van der Waals surface area contributed by atoms with Gasteiger partial charge in [0, 0.05) is 38.1 Å². The molecule has 1 heterocycles. The van der Waals surface area contributed by atoms with Gasteiger partial charge in [0.25, 0.3) is 15.9 Å². The van der Waals surface area contributed by atoms with E-state index in [2.05, 4.69) is 9.82 Å². The predicted molar refractivity (Wildman–Crippen MR) is 108 cm³/mol. The third-order valence-corrected chi connectivity index (χ3v) is 5.81. The van der Waals surface area contributed by atoms with Crippen molar-refractivity contribution in [2.75, 3.05) is 11.8 Å². The average molecular weight is 437 g/mol. The number of hydrogen-bond donors (Lipinski definition) is 1. The predicted octanol–water partition coefficient (Wildman–Crippen LogP) is 3.29. The first kappa shape index (κ1) is 20.8. The maximum absolute atomic E-state index is 13.0. The molecule has 29 heavy (non-hydrogen) atoms. The standard InChI is InChI=1S/C19H18ClFN4O3S/c1-24(11-13-10-22-25(2)12-13)19(26)17-9-16(7-8-18(17)20)29(27,28)23-15-5-3-14(21)4-6-15/h3-10,12,23H,11H2,1-2H3. The number of anilines is 1. The molecule has 0 atom stereocenters. The first-order chi connectivity index (χ1) is 13.7. The molecule has 0 saturated carbocycles. The Morgan fingerprint density at radius 3 is 2.55 bits per heavy atom. The molecule has 0 bridgehead atoms. The highest BCUT2D eigenvalue weighted by atomic mass is 35.5. The summed E-state index contributed by atoms with van der Waals surface area (Å²) >= 11 is 6.15. The summed E-state index contributed by atoms with van der Waals surface area (Å²) in [5.74, 6) is -0.915. The van der Waals surface area contributed by atoms with Crippen LogP contribution in [0.25, 0.3) is 0 Å². The van der Waals surface area contributed by atoms with E-state index in [0.717, 1.165) is 17.7 Å². The molecular weight excluding hydrogens is 419 g/mol. The molecule has 0 aliphatic rings. The van der Waals surface area contributed by atoms with Crippen molar-refractivity contribution < 1.29 is 17.6 Å². The fraction of sp³-hybridized carbons (Fsp3) is 0.158. The zero-order valence-corrected chi connectivity index (χ0v) is 17.2. The molecule has 0 saturated heterocycles. The molecule has 0 fully saturated rings. The van der Waals surface area contributed by atoms with Crippen molar-refractivity contribution in [3.05, 3.63) is 76.8 Å². The highest BCUT2D eigenvalue weighted by Gasteiger charge is 2.21. The molecule has 7 nitrogen and oxygen atoms in total. The lowest BCUT2D eigenvalue weighted by molar-refractivity contribution is 0.0785. The smallest absolute Gasteiger partial charge is 0.261 e. The van der Waals surface area contributed by atoms with Gasteiger partial charge in [-0.15, -0.1) is 0 Å². The van der Waals surface area contributed by atoms with Crippen molar-refractivity contribution in [1.82, 2.24) is 14.7 Å². The summed E-state index contributed by atoms with van der Waals surface area (Å²) in [5.41, 5.74) is 1.07. The van der Waals surface area contributed by atoms with E-state index in [1.54, 1.807) is 31.2 Å². The minimum atomic E-state index is -4.00. The number of benzene rings is 2. The number of carbonyl (C=O) groups excluding carboxylic acids is 1. The van der Waals surface area contributed by atoms with Gasteiger partial charge in [0.05, 0.1) is 21.7 Å². The molecule has 0 spiro atoms. The van der Waals surface area contributed by atoms with Gasteiger partial charge >= 0.3 is 0 Å². The first-order valence-corrected chi connectivity index (χ1v) is 10.3. The van der Waals surface area contributed by atoms with E-state index in [1.165, 1.54) is 35.2 Å². The number of nitrogens with zero attached hydrogens (tertiary/aromatic N) is 3. The summed E-state index contributed by atoms with van der Waals surface area (Å²) in [6, 6.07) is 8.76. The summed E-state index contributed by atoms with van der Waals surface area (Å²) in [6.07, 6.45) is 3.41. The van der Waals surface area contributed by atoms with Gasteiger partial charge in [0.1, 0.15) is 5.82 Å². The van der Waals surface area contributed by atoms with Crippen molar-refractivity contribution >= 4 is 33.2 Å². The van der Waals surface area contributed by atoms with E-state index in [1.807, 2.05) is 0 Å². The normalized spacial score (nSPS) is 11.3. The number of nitrogens with one attached hydrogen (secondary N) is 1. The van der Waals surface area contributed by atoms with Crippen molar-refractivity contribution in [2.24, 2.45) is 7.05 Å². The van der Waals surface area contributed by atoms with Crippen LogP contribution in [-0.4, -0.2) is 36.1 Å². The molecule has 1 N–H and O–H groups in total. The number of aromatic nitrogens is 2. The number of hydrogen-bond acceptors (Lipinski definition) is 4. The Labute approximate surface area is 172 Å². The third-order valence-electron chi connectivity index (χ3n) is 4.10. The highest BCUT2D eigenvalue weighted by molar-refractivity contribution is 7.92. The van der Waals surface area contributed by atoms with E-state index in [4.69, 9.17) is 11.6 Å². The summed E-state index contributed by atoms with van der Waals surface area (Å²) in [7, 11) is -0.640. The lowest BCUT2D eigenvalue weighted by Gasteiger charge is -2.18. The summed E-state index contributed by atoms with van der Waals surface area (Å²) < 4.78 is 42.3. The maximum Gasteiger partial charge on any atom is 0.261 e. The Balaban J connectivity index is 1.84. The summed E-state index contributed by atoms with van der Waals surface area (Å²) in [5, 5.41) is 4.19. The largest absolute Gasteiger partial charge is 0.337 e. The lowest BCUT2D eigenvalue weighted by atomic mass is 10.2. The van der Waals surface area contributed by atoms with E-state index in [0.29, 0.717) is 0 Å². The summed E-state index contributed by atoms with van der Waals surface area (Å²) in [4.78, 5) is 14.1. The van der Waals surface area contributed by atoms with Crippen molar-refractivity contribution in [1.29, 1.82) is 0 Å². The van der Waals surface area contributed by atoms with Crippen LogP contribution in [0.15, 0.2) is 59.8 Å². The molecule has 3 aromatic rings. The van der Waals surface area contributed by atoms with E-state index < -0.39 is 21.7 Å². The molecule has 152 valence electrons. The van der Waals surface area contributed by atoms with Crippen LogP contribution in [0.5, 0.6) is 0 Å². The van der Waals surface area contributed by atoms with Crippen LogP contribution in [0, 0.1) is 5.82 Å². The number of aryl methyl sites for hydroxylation is 1. The highest BCUT2D eigenvalue weighted by Crippen LogP contribution is 2.24. The van der Waals surface area contributed by atoms with Gasteiger partial charge in [0.15, 0.2) is 0 Å². The van der Waals surface area contributed by atoms with Crippen LogP contribution in [0.1, 0.15) is 15.9 Å². The SMILES string of the molecule is CN(Cc1cnn(C)c1)C(=O)c1cc(S(=O)(=O)Nc2ccc(F)cc2)ccc1Cl. The van der Waals surface area contributed by atoms with Crippen molar-refractivity contribution in [2.45, 2.75) is 11.4 Å². The van der Waals surface area contributed by atoms with E-state index in [-0.39, 0.29) is 27.7 Å². The maximum atomic E-state index is 13.0. The third kappa shape index (κ3) is 4.93. The number of sulfonamides is 1. The fourth-order valence-electron chi connectivity index (χ4n) is 2.67. The van der Waals surface area contributed by atoms with E-state index >= 15 is 0 Å². The summed E-state index contributed by atoms with van der Waals surface area (Å²) in [6.45, 7) is 0.286. The quantitative estimate of drug-likeness (QED) is 0.642. The Morgan fingerprint density at radius 2 is 1.93 bits per heavy atom. The van der Waals surface area contributed by atoms with Crippen LogP contribution >= 0.6 is 11.6 Å². The van der Waals surface area contributed by atoms with E-state index in [9.17, 15) is 17.6 Å². The van der Waals surface area contributed by atoms with Crippen molar-refractivity contribution in [3.8, 4) is 0 Å². The molecular formula is C19H18ClFN4O3S. The minimum Gasteiger partial charge on any atom is -0.337 e. The van der Waals surface area contributed by atoms with Crippen LogP contribution in [0.4, 0.5) is 10.1 Å². The van der Waals surface area contributed by atoms with Crippen LogP contribution in [0.3, 0.4) is 0 Å². The van der Waals surface area contributed by atoms with Gasteiger partial charge in [-0.25, -0.2) is 12.8 Å².